The Bertz CT molecular complexity index is 559. The van der Waals surface area contributed by atoms with Gasteiger partial charge >= 0.3 is 6.03 Å². The minimum absolute atomic E-state index is 0.231. The molecule has 5 heteroatoms. The van der Waals surface area contributed by atoms with Crippen LogP contribution in [0.25, 0.3) is 0 Å². The molecule has 1 aromatic rings. The van der Waals surface area contributed by atoms with Gasteiger partial charge in [-0.1, -0.05) is 30.3 Å². The third-order valence-corrected chi connectivity index (χ3v) is 5.57. The van der Waals surface area contributed by atoms with E-state index in [1.165, 1.54) is 12.0 Å². The summed E-state index contributed by atoms with van der Waals surface area (Å²) < 4.78 is 5.39. The third-order valence-electron chi connectivity index (χ3n) is 5.57. The number of amides is 2. The van der Waals surface area contributed by atoms with E-state index in [2.05, 4.69) is 40.1 Å². The highest BCUT2D eigenvalue weighted by Crippen LogP contribution is 2.29. The van der Waals surface area contributed by atoms with E-state index in [0.29, 0.717) is 25.2 Å². The van der Waals surface area contributed by atoms with Crippen LogP contribution in [0.4, 0.5) is 4.79 Å². The maximum Gasteiger partial charge on any atom is 0.320 e. The van der Waals surface area contributed by atoms with Crippen molar-refractivity contribution in [2.45, 2.75) is 25.4 Å². The van der Waals surface area contributed by atoms with Crippen molar-refractivity contribution in [1.29, 1.82) is 0 Å². The van der Waals surface area contributed by atoms with Crippen LogP contribution in [0.3, 0.4) is 0 Å². The van der Waals surface area contributed by atoms with Gasteiger partial charge in [0.2, 0.25) is 0 Å². The SMILES string of the molecule is O=C(N1CCOCC1)N1C[C@H]2CC[C@@H]1CN(Cc1ccccc1)C2. The number of carbonyl (C=O) groups is 1. The van der Waals surface area contributed by atoms with Crippen LogP contribution in [0.2, 0.25) is 0 Å². The fraction of sp³-hybridized carbons (Fsp3) is 0.632. The molecule has 4 fully saturated rings. The molecule has 5 rings (SSSR count). The lowest BCUT2D eigenvalue weighted by Gasteiger charge is -2.40. The van der Waals surface area contributed by atoms with Crippen LogP contribution in [0.15, 0.2) is 30.3 Å². The van der Waals surface area contributed by atoms with Crippen molar-refractivity contribution in [3.63, 3.8) is 0 Å². The predicted molar refractivity (Wildman–Crippen MR) is 92.7 cm³/mol. The Morgan fingerprint density at radius 1 is 1.04 bits per heavy atom. The van der Waals surface area contributed by atoms with E-state index in [9.17, 15) is 4.79 Å². The van der Waals surface area contributed by atoms with Gasteiger partial charge in [0.1, 0.15) is 0 Å². The summed E-state index contributed by atoms with van der Waals surface area (Å²) in [6.07, 6.45) is 2.40. The Balaban J connectivity index is 1.43. The second-order valence-corrected chi connectivity index (χ2v) is 7.31. The predicted octanol–water partition coefficient (Wildman–Crippen LogP) is 2.03. The number of benzene rings is 1. The van der Waals surface area contributed by atoms with E-state index in [-0.39, 0.29) is 6.03 Å². The molecule has 2 bridgehead atoms. The van der Waals surface area contributed by atoms with Gasteiger partial charge < -0.3 is 14.5 Å². The number of hydrogen-bond acceptors (Lipinski definition) is 3. The smallest absolute Gasteiger partial charge is 0.320 e. The Hall–Kier alpha value is -1.59. The maximum atomic E-state index is 12.9. The fourth-order valence-corrected chi connectivity index (χ4v) is 4.32. The first-order chi connectivity index (χ1) is 11.8. The van der Waals surface area contributed by atoms with Gasteiger partial charge in [-0.25, -0.2) is 4.79 Å². The fourth-order valence-electron chi connectivity index (χ4n) is 4.32. The second-order valence-electron chi connectivity index (χ2n) is 7.31. The molecule has 0 aromatic heterocycles. The molecule has 130 valence electrons. The van der Waals surface area contributed by atoms with Crippen molar-refractivity contribution in [3.05, 3.63) is 35.9 Å². The van der Waals surface area contributed by atoms with E-state index in [0.717, 1.165) is 45.7 Å². The lowest BCUT2D eigenvalue weighted by Crippen LogP contribution is -2.54. The summed E-state index contributed by atoms with van der Waals surface area (Å²) in [7, 11) is 0. The Morgan fingerprint density at radius 3 is 2.62 bits per heavy atom. The number of hydrogen-bond donors (Lipinski definition) is 0. The number of piperidine rings is 1. The number of carbonyl (C=O) groups excluding carboxylic acids is 1. The largest absolute Gasteiger partial charge is 0.378 e. The minimum Gasteiger partial charge on any atom is -0.378 e. The van der Waals surface area contributed by atoms with E-state index < -0.39 is 0 Å². The Kier molecular flexibility index (Phi) is 4.72. The molecule has 0 saturated carbocycles. The summed E-state index contributed by atoms with van der Waals surface area (Å²) in [5.74, 6) is 0.609. The number of fused-ring (bicyclic) bond motifs is 4. The number of rotatable bonds is 2. The normalized spacial score (nSPS) is 28.0. The minimum atomic E-state index is 0.231. The highest BCUT2D eigenvalue weighted by molar-refractivity contribution is 5.75. The van der Waals surface area contributed by atoms with Gasteiger partial charge in [-0.15, -0.1) is 0 Å². The molecule has 2 amide bonds. The maximum absolute atomic E-state index is 12.9. The van der Waals surface area contributed by atoms with Gasteiger partial charge in [0, 0.05) is 45.3 Å². The molecular formula is C19H27N3O2. The van der Waals surface area contributed by atoms with Crippen LogP contribution in [-0.2, 0) is 11.3 Å². The highest BCUT2D eigenvalue weighted by Gasteiger charge is 2.38. The van der Waals surface area contributed by atoms with Gasteiger partial charge in [-0.05, 0) is 24.3 Å². The van der Waals surface area contributed by atoms with Crippen molar-refractivity contribution >= 4 is 6.03 Å². The first-order valence-corrected chi connectivity index (χ1v) is 9.19. The molecule has 4 saturated heterocycles. The topological polar surface area (TPSA) is 36.0 Å². The van der Waals surface area contributed by atoms with E-state index >= 15 is 0 Å². The monoisotopic (exact) mass is 329 g/mol. The quantitative estimate of drug-likeness (QED) is 0.833. The molecule has 4 heterocycles. The van der Waals surface area contributed by atoms with Gasteiger partial charge in [0.15, 0.2) is 0 Å². The molecule has 24 heavy (non-hydrogen) atoms. The van der Waals surface area contributed by atoms with E-state index in [1.54, 1.807) is 0 Å². The molecule has 0 aliphatic carbocycles. The van der Waals surface area contributed by atoms with Crippen molar-refractivity contribution < 1.29 is 9.53 Å². The molecule has 1 aromatic carbocycles. The zero-order valence-corrected chi connectivity index (χ0v) is 14.3. The molecule has 2 atom stereocenters. The molecule has 5 nitrogen and oxygen atoms in total. The average Bonchev–Trinajstić information content (AvgIpc) is 2.93. The number of urea groups is 1. The van der Waals surface area contributed by atoms with Crippen LogP contribution in [0.5, 0.6) is 0 Å². The lowest BCUT2D eigenvalue weighted by molar-refractivity contribution is 0.0341. The second kappa shape index (κ2) is 7.11. The van der Waals surface area contributed by atoms with Crippen LogP contribution in [-0.4, -0.2) is 72.7 Å². The lowest BCUT2D eigenvalue weighted by atomic mass is 9.95. The number of morpholine rings is 1. The van der Waals surface area contributed by atoms with Gasteiger partial charge in [-0.3, -0.25) is 4.90 Å². The Labute approximate surface area is 144 Å². The molecule has 4 aliphatic heterocycles. The van der Waals surface area contributed by atoms with Crippen molar-refractivity contribution in [1.82, 2.24) is 14.7 Å². The summed E-state index contributed by atoms with van der Waals surface area (Å²) in [5.41, 5.74) is 1.37. The van der Waals surface area contributed by atoms with Crippen LogP contribution in [0.1, 0.15) is 18.4 Å². The van der Waals surface area contributed by atoms with Gasteiger partial charge in [-0.2, -0.15) is 0 Å². The summed E-state index contributed by atoms with van der Waals surface area (Å²) in [6.45, 7) is 6.85. The number of ether oxygens (including phenoxy) is 1. The third kappa shape index (κ3) is 3.42. The van der Waals surface area contributed by atoms with Crippen molar-refractivity contribution in [2.75, 3.05) is 45.9 Å². The zero-order chi connectivity index (χ0) is 16.4. The van der Waals surface area contributed by atoms with Crippen LogP contribution in [0, 0.1) is 5.92 Å². The van der Waals surface area contributed by atoms with E-state index in [4.69, 9.17) is 4.74 Å². The first-order valence-electron chi connectivity index (χ1n) is 9.19. The first kappa shape index (κ1) is 15.9. The summed E-state index contributed by atoms with van der Waals surface area (Å²) >= 11 is 0. The molecule has 0 unspecified atom stereocenters. The molecular weight excluding hydrogens is 302 g/mol. The molecule has 0 spiro atoms. The van der Waals surface area contributed by atoms with Crippen molar-refractivity contribution in [2.24, 2.45) is 5.92 Å². The van der Waals surface area contributed by atoms with Crippen LogP contribution < -0.4 is 0 Å². The van der Waals surface area contributed by atoms with Crippen molar-refractivity contribution in [3.8, 4) is 0 Å². The summed E-state index contributed by atoms with van der Waals surface area (Å²) in [6, 6.07) is 11.3. The Morgan fingerprint density at radius 2 is 1.83 bits per heavy atom. The highest BCUT2D eigenvalue weighted by atomic mass is 16.5. The van der Waals surface area contributed by atoms with Gasteiger partial charge in [0.05, 0.1) is 13.2 Å². The molecule has 0 radical (unpaired) electrons. The van der Waals surface area contributed by atoms with Gasteiger partial charge in [0.25, 0.3) is 0 Å². The molecule has 4 aliphatic rings. The summed E-state index contributed by atoms with van der Waals surface area (Å²) in [5, 5.41) is 0. The number of nitrogens with zero attached hydrogens (tertiary/aromatic N) is 3. The standard InChI is InChI=1S/C19H27N3O2/c23-19(21-8-10-24-11-9-21)22-14-17-6-7-18(22)15-20(13-17)12-16-4-2-1-3-5-16/h1-5,17-18H,6-15H2/t17-,18+/m0/s1. The molecule has 0 N–H and O–H groups in total. The van der Waals surface area contributed by atoms with Crippen LogP contribution >= 0.6 is 0 Å². The zero-order valence-electron chi connectivity index (χ0n) is 14.3. The average molecular weight is 329 g/mol. The summed E-state index contributed by atoms with van der Waals surface area (Å²) in [4.78, 5) is 19.6. The van der Waals surface area contributed by atoms with E-state index in [1.807, 2.05) is 4.90 Å².